The standard InChI is InChI=1S/C23H32N4O2/c1-16(24-21(28)14-17-10-6-4-7-11-17)22(29)25-20-15-19(26-27-20)23(2,3)18-12-8-5-9-13-18/h5,8-9,12-13,15-17H,4,6-7,10-11,14H2,1-3H3,(H,24,28)(H2,25,26,27,29)/t16-/m0/s1. The summed E-state index contributed by atoms with van der Waals surface area (Å²) in [4.78, 5) is 24.7. The molecule has 29 heavy (non-hydrogen) atoms. The molecule has 1 aromatic heterocycles. The van der Waals surface area contributed by atoms with Crippen LogP contribution in [0.4, 0.5) is 5.82 Å². The van der Waals surface area contributed by atoms with E-state index in [1.54, 1.807) is 6.92 Å². The predicted molar refractivity (Wildman–Crippen MR) is 115 cm³/mol. The molecule has 1 atom stereocenters. The lowest BCUT2D eigenvalue weighted by molar-refractivity contribution is -0.127. The first-order valence-electron chi connectivity index (χ1n) is 10.6. The Hall–Kier alpha value is -2.63. The monoisotopic (exact) mass is 396 g/mol. The van der Waals surface area contributed by atoms with E-state index in [1.165, 1.54) is 19.3 Å². The summed E-state index contributed by atoms with van der Waals surface area (Å²) in [5.74, 6) is 0.598. The van der Waals surface area contributed by atoms with Crippen LogP contribution in [0.15, 0.2) is 36.4 Å². The molecule has 1 aliphatic rings. The van der Waals surface area contributed by atoms with Crippen molar-refractivity contribution in [1.29, 1.82) is 0 Å². The van der Waals surface area contributed by atoms with Crippen LogP contribution in [0.1, 0.15) is 70.6 Å². The fourth-order valence-corrected chi connectivity index (χ4v) is 3.97. The van der Waals surface area contributed by atoms with Gasteiger partial charge in [0.15, 0.2) is 5.82 Å². The van der Waals surface area contributed by atoms with E-state index in [2.05, 4.69) is 46.8 Å². The van der Waals surface area contributed by atoms with E-state index < -0.39 is 6.04 Å². The summed E-state index contributed by atoms with van der Waals surface area (Å²) in [6.07, 6.45) is 6.41. The van der Waals surface area contributed by atoms with Crippen molar-refractivity contribution in [3.05, 3.63) is 47.7 Å². The Morgan fingerprint density at radius 1 is 1.17 bits per heavy atom. The van der Waals surface area contributed by atoms with Crippen molar-refractivity contribution in [2.45, 2.75) is 70.8 Å². The highest BCUT2D eigenvalue weighted by molar-refractivity contribution is 5.96. The Labute approximate surface area is 172 Å². The Bertz CT molecular complexity index is 822. The fraction of sp³-hybridized carbons (Fsp3) is 0.522. The summed E-state index contributed by atoms with van der Waals surface area (Å²) in [5.41, 5.74) is 1.80. The molecule has 0 aliphatic heterocycles. The molecule has 0 unspecified atom stereocenters. The molecule has 1 aromatic carbocycles. The second-order valence-electron chi connectivity index (χ2n) is 8.64. The van der Waals surface area contributed by atoms with Gasteiger partial charge >= 0.3 is 0 Å². The molecule has 0 spiro atoms. The molecule has 3 N–H and O–H groups in total. The van der Waals surface area contributed by atoms with Gasteiger partial charge in [-0.2, -0.15) is 5.10 Å². The lowest BCUT2D eigenvalue weighted by Crippen LogP contribution is -2.42. The van der Waals surface area contributed by atoms with Gasteiger partial charge in [-0.05, 0) is 31.2 Å². The summed E-state index contributed by atoms with van der Waals surface area (Å²) in [6.45, 7) is 5.92. The summed E-state index contributed by atoms with van der Waals surface area (Å²) in [5, 5.41) is 12.9. The van der Waals surface area contributed by atoms with Gasteiger partial charge in [-0.3, -0.25) is 14.7 Å². The highest BCUT2D eigenvalue weighted by Crippen LogP contribution is 2.31. The van der Waals surface area contributed by atoms with Crippen molar-refractivity contribution in [2.75, 3.05) is 5.32 Å². The molecule has 1 saturated carbocycles. The molecule has 2 aromatic rings. The highest BCUT2D eigenvalue weighted by atomic mass is 16.2. The number of aromatic nitrogens is 2. The number of rotatable bonds is 7. The average molecular weight is 397 g/mol. The van der Waals surface area contributed by atoms with Crippen LogP contribution in [0, 0.1) is 5.92 Å². The van der Waals surface area contributed by atoms with E-state index in [1.807, 2.05) is 24.3 Å². The third-order valence-corrected chi connectivity index (χ3v) is 5.97. The van der Waals surface area contributed by atoms with Crippen molar-refractivity contribution in [3.8, 4) is 0 Å². The molecule has 156 valence electrons. The zero-order valence-electron chi connectivity index (χ0n) is 17.6. The zero-order valence-corrected chi connectivity index (χ0v) is 17.6. The molecule has 0 radical (unpaired) electrons. The third-order valence-electron chi connectivity index (χ3n) is 5.97. The minimum absolute atomic E-state index is 0.0486. The molecule has 0 bridgehead atoms. The maximum absolute atomic E-state index is 12.5. The quantitative estimate of drug-likeness (QED) is 0.657. The predicted octanol–water partition coefficient (Wildman–Crippen LogP) is 4.15. The lowest BCUT2D eigenvalue weighted by atomic mass is 9.82. The van der Waals surface area contributed by atoms with Crippen molar-refractivity contribution in [3.63, 3.8) is 0 Å². The van der Waals surface area contributed by atoms with Gasteiger partial charge in [0, 0.05) is 23.6 Å². The molecule has 0 saturated heterocycles. The third kappa shape index (κ3) is 5.46. The second-order valence-corrected chi connectivity index (χ2v) is 8.64. The number of benzene rings is 1. The molecule has 1 heterocycles. The average Bonchev–Trinajstić information content (AvgIpc) is 3.18. The summed E-state index contributed by atoms with van der Waals surface area (Å²) >= 11 is 0. The number of nitrogens with one attached hydrogen (secondary N) is 3. The van der Waals surface area contributed by atoms with Gasteiger partial charge in [-0.1, -0.05) is 63.4 Å². The number of carbonyl (C=O) groups is 2. The van der Waals surface area contributed by atoms with Gasteiger partial charge in [-0.15, -0.1) is 0 Å². The highest BCUT2D eigenvalue weighted by Gasteiger charge is 2.26. The Morgan fingerprint density at radius 3 is 2.55 bits per heavy atom. The number of hydrogen-bond acceptors (Lipinski definition) is 3. The number of amides is 2. The van der Waals surface area contributed by atoms with Gasteiger partial charge in [0.25, 0.3) is 0 Å². The Morgan fingerprint density at radius 2 is 1.86 bits per heavy atom. The largest absolute Gasteiger partial charge is 0.345 e. The number of H-pyrrole nitrogens is 1. The minimum atomic E-state index is -0.603. The first kappa shape index (κ1) is 21.1. The fourth-order valence-electron chi connectivity index (χ4n) is 3.97. The maximum Gasteiger partial charge on any atom is 0.247 e. The van der Waals surface area contributed by atoms with E-state index in [-0.39, 0.29) is 17.2 Å². The van der Waals surface area contributed by atoms with E-state index in [0.717, 1.165) is 24.1 Å². The van der Waals surface area contributed by atoms with Gasteiger partial charge < -0.3 is 10.6 Å². The number of anilines is 1. The van der Waals surface area contributed by atoms with Gasteiger partial charge in [0.2, 0.25) is 11.8 Å². The maximum atomic E-state index is 12.5. The number of nitrogens with zero attached hydrogens (tertiary/aromatic N) is 1. The normalized spacial score (nSPS) is 16.2. The molecule has 3 rings (SSSR count). The minimum Gasteiger partial charge on any atom is -0.345 e. The van der Waals surface area contributed by atoms with Crippen LogP contribution in [-0.2, 0) is 15.0 Å². The van der Waals surface area contributed by atoms with Gasteiger partial charge in [0.05, 0.1) is 0 Å². The Balaban J connectivity index is 1.54. The number of aromatic amines is 1. The molecular formula is C23H32N4O2. The molecular weight excluding hydrogens is 364 g/mol. The summed E-state index contributed by atoms with van der Waals surface area (Å²) < 4.78 is 0. The van der Waals surface area contributed by atoms with E-state index >= 15 is 0 Å². The van der Waals surface area contributed by atoms with Crippen molar-refractivity contribution >= 4 is 17.6 Å². The van der Waals surface area contributed by atoms with Crippen LogP contribution in [0.3, 0.4) is 0 Å². The van der Waals surface area contributed by atoms with Crippen LogP contribution in [0.25, 0.3) is 0 Å². The first-order chi connectivity index (χ1) is 13.9. The van der Waals surface area contributed by atoms with Crippen LogP contribution in [0.5, 0.6) is 0 Å². The smallest absolute Gasteiger partial charge is 0.247 e. The van der Waals surface area contributed by atoms with Gasteiger partial charge in [-0.25, -0.2) is 0 Å². The van der Waals surface area contributed by atoms with E-state index in [0.29, 0.717) is 18.2 Å². The van der Waals surface area contributed by atoms with Crippen molar-refractivity contribution in [2.24, 2.45) is 5.92 Å². The molecule has 1 fully saturated rings. The first-order valence-corrected chi connectivity index (χ1v) is 10.6. The summed E-state index contributed by atoms with van der Waals surface area (Å²) in [7, 11) is 0. The van der Waals surface area contributed by atoms with E-state index in [4.69, 9.17) is 0 Å². The van der Waals surface area contributed by atoms with Crippen molar-refractivity contribution in [1.82, 2.24) is 15.5 Å². The molecule has 6 heteroatoms. The van der Waals surface area contributed by atoms with Crippen LogP contribution < -0.4 is 10.6 Å². The van der Waals surface area contributed by atoms with Gasteiger partial charge in [0.1, 0.15) is 6.04 Å². The van der Waals surface area contributed by atoms with Crippen LogP contribution in [-0.4, -0.2) is 28.1 Å². The van der Waals surface area contributed by atoms with Crippen molar-refractivity contribution < 1.29 is 9.59 Å². The summed E-state index contributed by atoms with van der Waals surface area (Å²) in [6, 6.07) is 11.4. The molecule has 2 amide bonds. The lowest BCUT2D eigenvalue weighted by Gasteiger charge is -2.23. The molecule has 6 nitrogen and oxygen atoms in total. The van der Waals surface area contributed by atoms with E-state index in [9.17, 15) is 9.59 Å². The topological polar surface area (TPSA) is 86.9 Å². The molecule has 1 aliphatic carbocycles. The SMILES string of the molecule is C[C@H](NC(=O)CC1CCCCC1)C(=O)Nc1cc(C(C)(C)c2ccccc2)[nH]n1. The number of carbonyl (C=O) groups excluding carboxylic acids is 2. The number of hydrogen-bond donors (Lipinski definition) is 3. The Kier molecular flexibility index (Phi) is 6.72. The van der Waals surface area contributed by atoms with Crippen LogP contribution >= 0.6 is 0 Å². The second kappa shape index (κ2) is 9.25. The zero-order chi connectivity index (χ0) is 20.9. The van der Waals surface area contributed by atoms with Crippen LogP contribution in [0.2, 0.25) is 0 Å².